The number of anilines is 1. The first-order valence-electron chi connectivity index (χ1n) is 4.79. The van der Waals surface area contributed by atoms with E-state index in [1.807, 2.05) is 6.07 Å². The predicted molar refractivity (Wildman–Crippen MR) is 57.9 cm³/mol. The summed E-state index contributed by atoms with van der Waals surface area (Å²) in [6.45, 7) is 1.56. The first-order chi connectivity index (χ1) is 8.04. The van der Waals surface area contributed by atoms with Crippen molar-refractivity contribution >= 4 is 5.88 Å². The van der Waals surface area contributed by atoms with E-state index in [1.165, 1.54) is 6.07 Å². The van der Waals surface area contributed by atoms with Gasteiger partial charge in [0.25, 0.3) is 0 Å². The van der Waals surface area contributed by atoms with Crippen molar-refractivity contribution in [2.75, 3.05) is 5.73 Å². The van der Waals surface area contributed by atoms with Gasteiger partial charge in [-0.15, -0.1) is 0 Å². The molecule has 0 saturated carbocycles. The number of aryl methyl sites for hydroxylation is 1. The summed E-state index contributed by atoms with van der Waals surface area (Å²) in [5, 5.41) is 8.93. The van der Waals surface area contributed by atoms with E-state index in [2.05, 4.69) is 0 Å². The quantitative estimate of drug-likeness (QED) is 0.824. The molecule has 2 rings (SSSR count). The average Bonchev–Trinajstić information content (AvgIpc) is 2.53. The summed E-state index contributed by atoms with van der Waals surface area (Å²) in [7, 11) is 0. The summed E-state index contributed by atoms with van der Waals surface area (Å²) in [5.41, 5.74) is 5.91. The number of rotatable bonds is 1. The molecule has 0 amide bonds. The minimum Gasteiger partial charge on any atom is -0.444 e. The van der Waals surface area contributed by atoms with Crippen molar-refractivity contribution in [1.29, 1.82) is 5.26 Å². The molecule has 0 unspecified atom stereocenters. The Morgan fingerprint density at radius 3 is 2.65 bits per heavy atom. The molecule has 1 aromatic carbocycles. The number of hydrogen-bond acceptors (Lipinski definition) is 3. The van der Waals surface area contributed by atoms with Crippen LogP contribution in [-0.4, -0.2) is 0 Å². The smallest absolute Gasteiger partial charge is 0.209 e. The molecule has 1 heterocycles. The molecule has 0 aliphatic heterocycles. The fourth-order valence-corrected chi connectivity index (χ4v) is 1.69. The molecule has 2 N–H and O–H groups in total. The molecular formula is C12H8F2N2O. The SMILES string of the molecule is Cc1oc(N)c(C#N)c1-c1ccc(F)cc1F. The van der Waals surface area contributed by atoms with Crippen LogP contribution < -0.4 is 5.73 Å². The number of nitrogen functional groups attached to an aromatic ring is 1. The van der Waals surface area contributed by atoms with Crippen LogP contribution in [0, 0.1) is 29.9 Å². The first kappa shape index (κ1) is 11.1. The average molecular weight is 234 g/mol. The van der Waals surface area contributed by atoms with Crippen LogP contribution in [0.1, 0.15) is 11.3 Å². The maximum absolute atomic E-state index is 13.6. The van der Waals surface area contributed by atoms with Gasteiger partial charge in [-0.05, 0) is 19.1 Å². The van der Waals surface area contributed by atoms with Crippen LogP contribution >= 0.6 is 0 Å². The minimum atomic E-state index is -0.759. The number of nitrogens with zero attached hydrogens (tertiary/aromatic N) is 1. The van der Waals surface area contributed by atoms with Gasteiger partial charge in [-0.3, -0.25) is 0 Å². The zero-order valence-corrected chi connectivity index (χ0v) is 8.92. The highest BCUT2D eigenvalue weighted by Crippen LogP contribution is 2.34. The number of nitrogens with two attached hydrogens (primary N) is 1. The Balaban J connectivity index is 2.73. The zero-order valence-electron chi connectivity index (χ0n) is 8.92. The molecule has 0 fully saturated rings. The summed E-state index contributed by atoms with van der Waals surface area (Å²) in [5.74, 6) is -1.18. The Labute approximate surface area is 96.1 Å². The van der Waals surface area contributed by atoms with Gasteiger partial charge in [0.05, 0.1) is 0 Å². The van der Waals surface area contributed by atoms with Crippen molar-refractivity contribution in [3.63, 3.8) is 0 Å². The van der Waals surface area contributed by atoms with Gasteiger partial charge in [0, 0.05) is 17.2 Å². The fourth-order valence-electron chi connectivity index (χ4n) is 1.69. The molecule has 17 heavy (non-hydrogen) atoms. The van der Waals surface area contributed by atoms with Crippen LogP contribution in [0.3, 0.4) is 0 Å². The second-order valence-corrected chi connectivity index (χ2v) is 3.51. The molecule has 0 radical (unpaired) electrons. The molecule has 86 valence electrons. The number of furan rings is 1. The minimum absolute atomic E-state index is 0.0630. The molecule has 1 aromatic heterocycles. The van der Waals surface area contributed by atoms with Crippen LogP contribution in [0.25, 0.3) is 11.1 Å². The normalized spacial score (nSPS) is 10.2. The van der Waals surface area contributed by atoms with E-state index in [0.29, 0.717) is 5.76 Å². The highest BCUT2D eigenvalue weighted by Gasteiger charge is 2.20. The Kier molecular flexibility index (Phi) is 2.56. The molecule has 0 saturated heterocycles. The fraction of sp³-hybridized carbons (Fsp3) is 0.0833. The van der Waals surface area contributed by atoms with Crippen molar-refractivity contribution in [3.8, 4) is 17.2 Å². The third kappa shape index (κ3) is 1.74. The molecule has 0 bridgehead atoms. The second kappa shape index (κ2) is 3.91. The maximum atomic E-state index is 13.6. The summed E-state index contributed by atoms with van der Waals surface area (Å²) in [4.78, 5) is 0. The molecule has 2 aromatic rings. The van der Waals surface area contributed by atoms with Crippen LogP contribution in [0.4, 0.5) is 14.7 Å². The van der Waals surface area contributed by atoms with E-state index in [9.17, 15) is 8.78 Å². The number of benzene rings is 1. The van der Waals surface area contributed by atoms with E-state index in [1.54, 1.807) is 6.92 Å². The Bertz CT molecular complexity index is 626. The van der Waals surface area contributed by atoms with Gasteiger partial charge in [0.1, 0.15) is 29.0 Å². The molecule has 0 aliphatic rings. The molecule has 3 nitrogen and oxygen atoms in total. The lowest BCUT2D eigenvalue weighted by Crippen LogP contribution is -1.90. The standard InChI is InChI=1S/C12H8F2N2O/c1-6-11(9(5-15)12(16)17-6)8-3-2-7(13)4-10(8)14/h2-4H,16H2,1H3. The van der Waals surface area contributed by atoms with Crippen LogP contribution in [0.2, 0.25) is 0 Å². The van der Waals surface area contributed by atoms with Crippen LogP contribution in [0.15, 0.2) is 22.6 Å². The summed E-state index contributed by atoms with van der Waals surface area (Å²) in [6, 6.07) is 4.96. The van der Waals surface area contributed by atoms with E-state index < -0.39 is 11.6 Å². The first-order valence-corrected chi connectivity index (χ1v) is 4.79. The zero-order chi connectivity index (χ0) is 12.6. The van der Waals surface area contributed by atoms with Gasteiger partial charge in [0.2, 0.25) is 5.88 Å². The molecular weight excluding hydrogens is 226 g/mol. The van der Waals surface area contributed by atoms with E-state index in [-0.39, 0.29) is 22.6 Å². The molecule has 5 heteroatoms. The van der Waals surface area contributed by atoms with E-state index in [4.69, 9.17) is 15.4 Å². The van der Waals surface area contributed by atoms with Crippen molar-refractivity contribution < 1.29 is 13.2 Å². The van der Waals surface area contributed by atoms with Crippen molar-refractivity contribution in [1.82, 2.24) is 0 Å². The largest absolute Gasteiger partial charge is 0.444 e. The van der Waals surface area contributed by atoms with Gasteiger partial charge in [0.15, 0.2) is 0 Å². The number of hydrogen-bond donors (Lipinski definition) is 1. The Morgan fingerprint density at radius 1 is 1.35 bits per heavy atom. The highest BCUT2D eigenvalue weighted by molar-refractivity contribution is 5.77. The summed E-state index contributed by atoms with van der Waals surface area (Å²) < 4.78 is 31.5. The topological polar surface area (TPSA) is 62.9 Å². The maximum Gasteiger partial charge on any atom is 0.209 e. The van der Waals surface area contributed by atoms with E-state index in [0.717, 1.165) is 12.1 Å². The lowest BCUT2D eigenvalue weighted by molar-refractivity contribution is 0.552. The third-order valence-corrected chi connectivity index (χ3v) is 2.42. The monoisotopic (exact) mass is 234 g/mol. The predicted octanol–water partition coefficient (Wildman–Crippen LogP) is 2.99. The van der Waals surface area contributed by atoms with Gasteiger partial charge < -0.3 is 10.2 Å². The van der Waals surface area contributed by atoms with Gasteiger partial charge in [-0.1, -0.05) is 0 Å². The molecule has 0 atom stereocenters. The lowest BCUT2D eigenvalue weighted by atomic mass is 10.0. The van der Waals surface area contributed by atoms with Crippen molar-refractivity contribution in [2.24, 2.45) is 0 Å². The number of nitriles is 1. The number of halogens is 2. The molecule has 0 aliphatic carbocycles. The van der Waals surface area contributed by atoms with Crippen LogP contribution in [-0.2, 0) is 0 Å². The Hall–Kier alpha value is -2.35. The van der Waals surface area contributed by atoms with Gasteiger partial charge in [-0.2, -0.15) is 5.26 Å². The summed E-state index contributed by atoms with van der Waals surface area (Å²) in [6.07, 6.45) is 0. The third-order valence-electron chi connectivity index (χ3n) is 2.42. The van der Waals surface area contributed by atoms with Gasteiger partial charge >= 0.3 is 0 Å². The van der Waals surface area contributed by atoms with Crippen molar-refractivity contribution in [3.05, 3.63) is 41.2 Å². The lowest BCUT2D eigenvalue weighted by Gasteiger charge is -2.02. The highest BCUT2D eigenvalue weighted by atomic mass is 19.1. The Morgan fingerprint density at radius 2 is 2.06 bits per heavy atom. The van der Waals surface area contributed by atoms with Gasteiger partial charge in [-0.25, -0.2) is 8.78 Å². The van der Waals surface area contributed by atoms with Crippen molar-refractivity contribution in [2.45, 2.75) is 6.92 Å². The van der Waals surface area contributed by atoms with Crippen LogP contribution in [0.5, 0.6) is 0 Å². The van der Waals surface area contributed by atoms with E-state index >= 15 is 0 Å². The second-order valence-electron chi connectivity index (χ2n) is 3.51. The summed E-state index contributed by atoms with van der Waals surface area (Å²) >= 11 is 0. The molecule has 0 spiro atoms.